The Hall–Kier alpha value is -3.24. The van der Waals surface area contributed by atoms with Gasteiger partial charge in [-0.25, -0.2) is 19.9 Å². The lowest BCUT2D eigenvalue weighted by Gasteiger charge is -2.39. The number of ether oxygens (including phenoxy) is 1. The molecule has 2 aliphatic carbocycles. The molecule has 5 heterocycles. The molecular formula is C28H32ClN7O3. The van der Waals surface area contributed by atoms with Crippen LogP contribution in [0.5, 0.6) is 0 Å². The molecule has 11 heteroatoms. The molecule has 1 aliphatic heterocycles. The van der Waals surface area contributed by atoms with Crippen LogP contribution in [0.4, 0.5) is 5.95 Å². The van der Waals surface area contributed by atoms with E-state index in [0.717, 1.165) is 60.8 Å². The third-order valence-electron chi connectivity index (χ3n) is 8.66. The number of hydrogen-bond acceptors (Lipinski definition) is 8. The number of rotatable bonds is 5. The van der Waals surface area contributed by atoms with E-state index >= 15 is 0 Å². The highest BCUT2D eigenvalue weighted by Gasteiger charge is 2.39. The zero-order valence-corrected chi connectivity index (χ0v) is 22.7. The molecule has 7 rings (SSSR count). The van der Waals surface area contributed by atoms with E-state index in [2.05, 4.69) is 31.6 Å². The van der Waals surface area contributed by atoms with Gasteiger partial charge in [0.05, 0.1) is 40.5 Å². The molecule has 0 amide bonds. The third-order valence-corrected chi connectivity index (χ3v) is 8.86. The summed E-state index contributed by atoms with van der Waals surface area (Å²) in [6.07, 6.45) is 11.9. The van der Waals surface area contributed by atoms with Crippen LogP contribution in [0.1, 0.15) is 51.9 Å². The number of aromatic nitrogens is 6. The molecule has 2 unspecified atom stereocenters. The minimum Gasteiger partial charge on any atom is -0.386 e. The Morgan fingerprint density at radius 1 is 1.10 bits per heavy atom. The van der Waals surface area contributed by atoms with E-state index in [1.165, 1.54) is 25.7 Å². The number of halogens is 1. The van der Waals surface area contributed by atoms with Gasteiger partial charge < -0.3 is 18.6 Å². The predicted molar refractivity (Wildman–Crippen MR) is 148 cm³/mol. The number of morpholine rings is 1. The molecule has 4 aromatic rings. The first-order valence-electron chi connectivity index (χ1n) is 14.0. The topological polar surface area (TPSA) is 115 Å². The first kappa shape index (κ1) is 24.8. The lowest BCUT2D eigenvalue weighted by molar-refractivity contribution is 0.0247. The van der Waals surface area contributed by atoms with Gasteiger partial charge >= 0.3 is 5.76 Å². The van der Waals surface area contributed by atoms with Crippen molar-refractivity contribution in [2.24, 2.45) is 11.8 Å². The number of fused-ring (bicyclic) bond motifs is 2. The van der Waals surface area contributed by atoms with Crippen LogP contribution < -0.4 is 10.7 Å². The highest BCUT2D eigenvalue weighted by Crippen LogP contribution is 2.40. The number of nitrogens with one attached hydrogen (secondary N) is 1. The second kappa shape index (κ2) is 10.1. The Kier molecular flexibility index (Phi) is 6.39. The molecule has 2 atom stereocenters. The monoisotopic (exact) mass is 549 g/mol. The van der Waals surface area contributed by atoms with Crippen molar-refractivity contribution in [2.45, 2.75) is 70.6 Å². The summed E-state index contributed by atoms with van der Waals surface area (Å²) in [7, 11) is 0. The fraction of sp³-hybridized carbons (Fsp3) is 0.536. The number of aromatic amines is 1. The molecule has 0 aromatic carbocycles. The summed E-state index contributed by atoms with van der Waals surface area (Å²) < 4.78 is 13.8. The molecule has 1 saturated heterocycles. The normalized spacial score (nSPS) is 25.3. The quantitative estimate of drug-likeness (QED) is 0.367. The van der Waals surface area contributed by atoms with Crippen molar-refractivity contribution in [3.8, 4) is 22.8 Å². The molecule has 39 heavy (non-hydrogen) atoms. The smallest absolute Gasteiger partial charge is 0.386 e. The van der Waals surface area contributed by atoms with E-state index in [9.17, 15) is 4.79 Å². The van der Waals surface area contributed by atoms with E-state index in [-0.39, 0.29) is 12.0 Å². The maximum atomic E-state index is 11.8. The second-order valence-electron chi connectivity index (χ2n) is 11.3. The Labute approximate surface area is 230 Å². The van der Waals surface area contributed by atoms with Crippen molar-refractivity contribution in [3.63, 3.8) is 0 Å². The van der Waals surface area contributed by atoms with E-state index in [4.69, 9.17) is 30.7 Å². The maximum absolute atomic E-state index is 11.8. The van der Waals surface area contributed by atoms with Gasteiger partial charge in [-0.3, -0.25) is 4.98 Å². The van der Waals surface area contributed by atoms with Crippen molar-refractivity contribution in [3.05, 3.63) is 40.1 Å². The Morgan fingerprint density at radius 3 is 2.77 bits per heavy atom. The Bertz CT molecular complexity index is 1550. The summed E-state index contributed by atoms with van der Waals surface area (Å²) in [5.74, 6) is 1.79. The number of imidazole rings is 1. The SMILES string of the molecule is C[C@H]1CC[C@H](Cn2c(N3CCOC4CCCC43)nc3cc(-c4n[nH]c(=O)o4)nc(-c4cncc(Cl)c4)c32)CC1. The number of anilines is 1. The van der Waals surface area contributed by atoms with E-state index < -0.39 is 5.76 Å². The number of pyridine rings is 2. The van der Waals surface area contributed by atoms with Crippen LogP contribution in [0.25, 0.3) is 33.9 Å². The third kappa shape index (κ3) is 4.63. The maximum Gasteiger partial charge on any atom is 0.434 e. The highest BCUT2D eigenvalue weighted by molar-refractivity contribution is 6.30. The fourth-order valence-electron chi connectivity index (χ4n) is 6.67. The van der Waals surface area contributed by atoms with Crippen molar-refractivity contribution in [2.75, 3.05) is 18.1 Å². The average Bonchev–Trinajstić information content (AvgIpc) is 3.68. The molecule has 204 valence electrons. The van der Waals surface area contributed by atoms with Gasteiger partial charge in [-0.2, -0.15) is 0 Å². The second-order valence-corrected chi connectivity index (χ2v) is 11.7. The predicted octanol–water partition coefficient (Wildman–Crippen LogP) is 5.07. The summed E-state index contributed by atoms with van der Waals surface area (Å²) in [4.78, 5) is 28.8. The molecular weight excluding hydrogens is 518 g/mol. The van der Waals surface area contributed by atoms with Crippen molar-refractivity contribution in [1.82, 2.24) is 29.7 Å². The van der Waals surface area contributed by atoms with Gasteiger partial charge in [-0.1, -0.05) is 31.4 Å². The van der Waals surface area contributed by atoms with Crippen molar-refractivity contribution >= 4 is 28.6 Å². The van der Waals surface area contributed by atoms with Crippen molar-refractivity contribution in [1.29, 1.82) is 0 Å². The van der Waals surface area contributed by atoms with E-state index in [0.29, 0.717) is 35.0 Å². The van der Waals surface area contributed by atoms with Crippen LogP contribution in [0.15, 0.2) is 33.7 Å². The lowest BCUT2D eigenvalue weighted by Crippen LogP contribution is -2.49. The molecule has 0 bridgehead atoms. The van der Waals surface area contributed by atoms with Crippen LogP contribution in [-0.4, -0.2) is 55.0 Å². The summed E-state index contributed by atoms with van der Waals surface area (Å²) >= 11 is 6.39. The van der Waals surface area contributed by atoms with Crippen LogP contribution in [0.2, 0.25) is 5.02 Å². The van der Waals surface area contributed by atoms with Crippen LogP contribution in [-0.2, 0) is 11.3 Å². The largest absolute Gasteiger partial charge is 0.434 e. The molecule has 3 fully saturated rings. The number of nitrogens with zero attached hydrogens (tertiary/aromatic N) is 6. The van der Waals surface area contributed by atoms with Gasteiger partial charge in [-0.15, -0.1) is 5.10 Å². The first-order chi connectivity index (χ1) is 19.0. The molecule has 0 radical (unpaired) electrons. The fourth-order valence-corrected chi connectivity index (χ4v) is 6.85. The Balaban J connectivity index is 1.44. The average molecular weight is 550 g/mol. The molecule has 3 aliphatic rings. The zero-order valence-electron chi connectivity index (χ0n) is 22.0. The van der Waals surface area contributed by atoms with Gasteiger partial charge in [0, 0.05) is 31.0 Å². The van der Waals surface area contributed by atoms with E-state index in [1.54, 1.807) is 12.4 Å². The molecule has 4 aromatic heterocycles. The van der Waals surface area contributed by atoms with Gasteiger partial charge in [0.25, 0.3) is 5.89 Å². The minimum atomic E-state index is -0.629. The highest BCUT2D eigenvalue weighted by atomic mass is 35.5. The Morgan fingerprint density at radius 2 is 1.97 bits per heavy atom. The molecule has 1 N–H and O–H groups in total. The lowest BCUT2D eigenvalue weighted by atomic mass is 9.83. The van der Waals surface area contributed by atoms with Crippen molar-refractivity contribution < 1.29 is 9.15 Å². The van der Waals surface area contributed by atoms with Gasteiger partial charge in [0.2, 0.25) is 5.95 Å². The van der Waals surface area contributed by atoms with Crippen LogP contribution in [0, 0.1) is 11.8 Å². The number of H-pyrrole nitrogens is 1. The first-order valence-corrected chi connectivity index (χ1v) is 14.4. The molecule has 2 saturated carbocycles. The van der Waals surface area contributed by atoms with Crippen LogP contribution in [0.3, 0.4) is 0 Å². The zero-order chi connectivity index (χ0) is 26.5. The standard InChI is InChI=1S/C28H32ClN7O3/c1-16-5-7-17(8-6-16)15-36-25-20(32-27(36)35-9-10-38-23-4-2-3-22(23)35)12-21(26-33-34-28(37)39-26)31-24(25)18-11-19(29)14-30-13-18/h11-14,16-17,22-23H,2-10,15H2,1H3,(H,34,37)/t16-,17-,22?,23?. The molecule has 10 nitrogen and oxygen atoms in total. The van der Waals surface area contributed by atoms with Gasteiger partial charge in [-0.05, 0) is 56.1 Å². The van der Waals surface area contributed by atoms with Crippen LogP contribution >= 0.6 is 11.6 Å². The van der Waals surface area contributed by atoms with Gasteiger partial charge in [0.15, 0.2) is 0 Å². The summed E-state index contributed by atoms with van der Waals surface area (Å²) in [6, 6.07) is 4.04. The number of hydrogen-bond donors (Lipinski definition) is 1. The summed E-state index contributed by atoms with van der Waals surface area (Å²) in [5.41, 5.74) is 3.62. The van der Waals surface area contributed by atoms with E-state index in [1.807, 2.05) is 12.1 Å². The summed E-state index contributed by atoms with van der Waals surface area (Å²) in [5, 5.41) is 6.90. The summed E-state index contributed by atoms with van der Waals surface area (Å²) in [6.45, 7) is 4.71. The minimum absolute atomic E-state index is 0.123. The van der Waals surface area contributed by atoms with Gasteiger partial charge in [0.1, 0.15) is 5.69 Å². The molecule has 0 spiro atoms.